The number of ketones is 1. The van der Waals surface area contributed by atoms with Gasteiger partial charge in [0.15, 0.2) is 5.78 Å². The van der Waals surface area contributed by atoms with Crippen LogP contribution in [0.1, 0.15) is 21.5 Å². The SMILES string of the molecule is CC(=O)c1ccc(C=CCS)s1. The zero-order chi connectivity index (χ0) is 8.97. The van der Waals surface area contributed by atoms with Crippen LogP contribution >= 0.6 is 24.0 Å². The van der Waals surface area contributed by atoms with E-state index in [1.165, 1.54) is 11.3 Å². The lowest BCUT2D eigenvalue weighted by molar-refractivity contribution is 0.102. The van der Waals surface area contributed by atoms with Crippen molar-refractivity contribution in [3.05, 3.63) is 28.0 Å². The second-order valence-corrected chi connectivity index (χ2v) is 3.82. The predicted octanol–water partition coefficient (Wildman–Crippen LogP) is 2.89. The van der Waals surface area contributed by atoms with E-state index >= 15 is 0 Å². The second kappa shape index (κ2) is 4.48. The van der Waals surface area contributed by atoms with E-state index in [0.29, 0.717) is 0 Å². The molecule has 1 aromatic heterocycles. The van der Waals surface area contributed by atoms with Gasteiger partial charge in [0.2, 0.25) is 0 Å². The maximum Gasteiger partial charge on any atom is 0.169 e. The van der Waals surface area contributed by atoms with Crippen LogP contribution in [-0.4, -0.2) is 11.5 Å². The second-order valence-electron chi connectivity index (χ2n) is 2.34. The Balaban J connectivity index is 2.77. The van der Waals surface area contributed by atoms with Gasteiger partial charge < -0.3 is 0 Å². The van der Waals surface area contributed by atoms with Crippen LogP contribution in [0.25, 0.3) is 6.08 Å². The van der Waals surface area contributed by atoms with Crippen molar-refractivity contribution in [2.75, 3.05) is 5.75 Å². The van der Waals surface area contributed by atoms with Gasteiger partial charge in [-0.05, 0) is 25.1 Å². The first-order chi connectivity index (χ1) is 5.74. The van der Waals surface area contributed by atoms with Crippen molar-refractivity contribution in [1.82, 2.24) is 0 Å². The monoisotopic (exact) mass is 198 g/mol. The quantitative estimate of drug-likeness (QED) is 0.584. The number of rotatable bonds is 3. The van der Waals surface area contributed by atoms with Crippen LogP contribution in [0.15, 0.2) is 18.2 Å². The molecule has 0 bridgehead atoms. The third-order valence-electron chi connectivity index (χ3n) is 1.36. The summed E-state index contributed by atoms with van der Waals surface area (Å²) in [5.41, 5.74) is 0. The molecule has 0 unspecified atom stereocenters. The Morgan fingerprint density at radius 3 is 2.92 bits per heavy atom. The fourth-order valence-electron chi connectivity index (χ4n) is 0.800. The van der Waals surface area contributed by atoms with Gasteiger partial charge in [-0.3, -0.25) is 4.79 Å². The first kappa shape index (κ1) is 9.55. The minimum absolute atomic E-state index is 0.130. The number of Topliss-reactive ketones (excluding diaryl/α,β-unsaturated/α-hetero) is 1. The van der Waals surface area contributed by atoms with E-state index in [4.69, 9.17) is 0 Å². The molecule has 1 heterocycles. The minimum atomic E-state index is 0.130. The van der Waals surface area contributed by atoms with Crippen LogP contribution in [0.4, 0.5) is 0 Å². The van der Waals surface area contributed by atoms with Gasteiger partial charge in [-0.25, -0.2) is 0 Å². The summed E-state index contributed by atoms with van der Waals surface area (Å²) in [7, 11) is 0. The molecule has 0 saturated carbocycles. The van der Waals surface area contributed by atoms with Crippen LogP contribution in [0.3, 0.4) is 0 Å². The Morgan fingerprint density at radius 1 is 1.67 bits per heavy atom. The molecule has 64 valence electrons. The van der Waals surface area contributed by atoms with E-state index in [2.05, 4.69) is 12.6 Å². The van der Waals surface area contributed by atoms with Crippen molar-refractivity contribution < 1.29 is 4.79 Å². The molecule has 0 N–H and O–H groups in total. The number of hydrogen-bond donors (Lipinski definition) is 1. The molecule has 1 nitrogen and oxygen atoms in total. The predicted molar refractivity (Wildman–Crippen MR) is 57.2 cm³/mol. The van der Waals surface area contributed by atoms with Gasteiger partial charge >= 0.3 is 0 Å². The van der Waals surface area contributed by atoms with Crippen LogP contribution in [0, 0.1) is 0 Å². The molecule has 0 amide bonds. The van der Waals surface area contributed by atoms with Crippen molar-refractivity contribution in [2.24, 2.45) is 0 Å². The molecule has 1 rings (SSSR count). The topological polar surface area (TPSA) is 17.1 Å². The van der Waals surface area contributed by atoms with E-state index in [0.717, 1.165) is 15.5 Å². The Morgan fingerprint density at radius 2 is 2.42 bits per heavy atom. The molecule has 3 heteroatoms. The Kier molecular flexibility index (Phi) is 3.56. The van der Waals surface area contributed by atoms with Gasteiger partial charge in [-0.15, -0.1) is 11.3 Å². The Labute approximate surface area is 81.5 Å². The fourth-order valence-corrected chi connectivity index (χ4v) is 1.74. The first-order valence-electron chi connectivity index (χ1n) is 3.62. The highest BCUT2D eigenvalue weighted by Crippen LogP contribution is 2.18. The van der Waals surface area contributed by atoms with E-state index in [9.17, 15) is 4.79 Å². The van der Waals surface area contributed by atoms with E-state index in [1.807, 2.05) is 24.3 Å². The molecule has 0 fully saturated rings. The summed E-state index contributed by atoms with van der Waals surface area (Å²) in [5.74, 6) is 0.860. The number of carbonyl (C=O) groups excluding carboxylic acids is 1. The highest BCUT2D eigenvalue weighted by Gasteiger charge is 2.00. The number of thiol groups is 1. The molecule has 0 atom stereocenters. The number of hydrogen-bond acceptors (Lipinski definition) is 3. The average Bonchev–Trinajstić information content (AvgIpc) is 2.48. The summed E-state index contributed by atoms with van der Waals surface area (Å²) in [6.45, 7) is 1.58. The molecule has 0 radical (unpaired) electrons. The maximum atomic E-state index is 10.9. The van der Waals surface area contributed by atoms with Gasteiger partial charge in [-0.2, -0.15) is 12.6 Å². The number of thiophene rings is 1. The molecule has 12 heavy (non-hydrogen) atoms. The van der Waals surface area contributed by atoms with E-state index in [1.54, 1.807) is 6.92 Å². The highest BCUT2D eigenvalue weighted by atomic mass is 32.1. The fraction of sp³-hybridized carbons (Fsp3) is 0.222. The zero-order valence-corrected chi connectivity index (χ0v) is 8.49. The highest BCUT2D eigenvalue weighted by molar-refractivity contribution is 7.80. The molecular formula is C9H10OS2. The summed E-state index contributed by atoms with van der Waals surface area (Å²) in [5, 5.41) is 0. The largest absolute Gasteiger partial charge is 0.294 e. The number of carbonyl (C=O) groups is 1. The molecule has 0 aliphatic heterocycles. The van der Waals surface area contributed by atoms with Gasteiger partial charge in [0, 0.05) is 10.6 Å². The first-order valence-corrected chi connectivity index (χ1v) is 5.07. The summed E-state index contributed by atoms with van der Waals surface area (Å²) >= 11 is 5.56. The van der Waals surface area contributed by atoms with E-state index < -0.39 is 0 Å². The molecule has 0 spiro atoms. The van der Waals surface area contributed by atoms with Gasteiger partial charge in [-0.1, -0.05) is 6.08 Å². The molecule has 0 saturated heterocycles. The molecular weight excluding hydrogens is 188 g/mol. The lowest BCUT2D eigenvalue weighted by Crippen LogP contribution is -1.83. The summed E-state index contributed by atoms with van der Waals surface area (Å²) in [6.07, 6.45) is 3.93. The molecule has 0 aromatic carbocycles. The summed E-state index contributed by atoms with van der Waals surface area (Å²) in [4.78, 5) is 12.8. The lowest BCUT2D eigenvalue weighted by Gasteiger charge is -1.83. The normalized spacial score (nSPS) is 10.8. The third kappa shape index (κ3) is 2.50. The molecule has 0 aliphatic carbocycles. The van der Waals surface area contributed by atoms with Crippen molar-refractivity contribution in [1.29, 1.82) is 0 Å². The van der Waals surface area contributed by atoms with Gasteiger partial charge in [0.05, 0.1) is 4.88 Å². The maximum absolute atomic E-state index is 10.9. The lowest BCUT2D eigenvalue weighted by atomic mass is 10.3. The molecule has 0 aliphatic rings. The van der Waals surface area contributed by atoms with Crippen molar-refractivity contribution in [2.45, 2.75) is 6.92 Å². The Bertz CT molecular complexity index is 299. The zero-order valence-electron chi connectivity index (χ0n) is 6.78. The standard InChI is InChI=1S/C9H10OS2/c1-7(10)9-5-4-8(12-9)3-2-6-11/h2-5,11H,6H2,1H3. The Hall–Kier alpha value is -0.540. The third-order valence-corrected chi connectivity index (χ3v) is 2.72. The van der Waals surface area contributed by atoms with Gasteiger partial charge in [0.25, 0.3) is 0 Å². The van der Waals surface area contributed by atoms with Crippen LogP contribution < -0.4 is 0 Å². The smallest absolute Gasteiger partial charge is 0.169 e. The van der Waals surface area contributed by atoms with E-state index in [-0.39, 0.29) is 5.78 Å². The van der Waals surface area contributed by atoms with Crippen molar-refractivity contribution >= 4 is 35.8 Å². The van der Waals surface area contributed by atoms with Crippen LogP contribution in [-0.2, 0) is 0 Å². The van der Waals surface area contributed by atoms with Crippen molar-refractivity contribution in [3.8, 4) is 0 Å². The average molecular weight is 198 g/mol. The summed E-state index contributed by atoms with van der Waals surface area (Å²) < 4.78 is 0. The minimum Gasteiger partial charge on any atom is -0.294 e. The molecule has 1 aromatic rings. The van der Waals surface area contributed by atoms with Crippen molar-refractivity contribution in [3.63, 3.8) is 0 Å². The summed E-state index contributed by atoms with van der Waals surface area (Å²) in [6, 6.07) is 3.80. The van der Waals surface area contributed by atoms with Crippen LogP contribution in [0.5, 0.6) is 0 Å². The van der Waals surface area contributed by atoms with Gasteiger partial charge in [0.1, 0.15) is 0 Å². The van der Waals surface area contributed by atoms with Crippen LogP contribution in [0.2, 0.25) is 0 Å².